The minimum Gasteiger partial charge on any atom is -0.326 e. The zero-order valence-electron chi connectivity index (χ0n) is 11.3. The van der Waals surface area contributed by atoms with Gasteiger partial charge in [-0.05, 0) is 24.5 Å². The summed E-state index contributed by atoms with van der Waals surface area (Å²) in [6, 6.07) is 3.23. The van der Waals surface area contributed by atoms with E-state index in [-0.39, 0.29) is 29.0 Å². The smallest absolute Gasteiger partial charge is 0.325 e. The number of nitrogens with zero attached hydrogens (tertiary/aromatic N) is 1. The van der Waals surface area contributed by atoms with E-state index in [1.54, 1.807) is 0 Å². The topological polar surface area (TPSA) is 49.4 Å². The predicted octanol–water partition coefficient (Wildman–Crippen LogP) is 2.95. The molecule has 3 amide bonds. The van der Waals surface area contributed by atoms with Gasteiger partial charge in [0.15, 0.2) is 0 Å². The van der Waals surface area contributed by atoms with E-state index in [0.29, 0.717) is 6.42 Å². The lowest BCUT2D eigenvalue weighted by Gasteiger charge is -2.15. The van der Waals surface area contributed by atoms with Crippen LogP contribution in [-0.4, -0.2) is 22.9 Å². The van der Waals surface area contributed by atoms with Crippen LogP contribution in [0.3, 0.4) is 0 Å². The molecule has 4 nitrogen and oxygen atoms in total. The number of urea groups is 1. The van der Waals surface area contributed by atoms with E-state index in [9.17, 15) is 14.0 Å². The highest BCUT2D eigenvalue weighted by molar-refractivity contribution is 6.31. The molecule has 0 radical (unpaired) electrons. The second-order valence-corrected chi connectivity index (χ2v) is 5.66. The van der Waals surface area contributed by atoms with Crippen LogP contribution < -0.4 is 5.32 Å². The highest BCUT2D eigenvalue weighted by Crippen LogP contribution is 2.23. The van der Waals surface area contributed by atoms with Gasteiger partial charge in [-0.15, -0.1) is 0 Å². The molecule has 20 heavy (non-hydrogen) atoms. The molecule has 2 rings (SSSR count). The summed E-state index contributed by atoms with van der Waals surface area (Å²) in [4.78, 5) is 25.0. The third-order valence-corrected chi connectivity index (χ3v) is 3.55. The van der Waals surface area contributed by atoms with Crippen LogP contribution in [0, 0.1) is 11.7 Å². The Bertz CT molecular complexity index is 528. The fraction of sp³-hybridized carbons (Fsp3) is 0.429. The van der Waals surface area contributed by atoms with Crippen molar-refractivity contribution in [3.63, 3.8) is 0 Å². The summed E-state index contributed by atoms with van der Waals surface area (Å²) in [5.41, 5.74) is 0.155. The van der Waals surface area contributed by atoms with Crippen molar-refractivity contribution in [1.29, 1.82) is 0 Å². The first-order chi connectivity index (χ1) is 9.40. The van der Waals surface area contributed by atoms with E-state index in [4.69, 9.17) is 11.6 Å². The molecule has 0 bridgehead atoms. The van der Waals surface area contributed by atoms with E-state index in [2.05, 4.69) is 5.32 Å². The number of benzene rings is 1. The fourth-order valence-electron chi connectivity index (χ4n) is 2.20. The van der Waals surface area contributed by atoms with Crippen molar-refractivity contribution in [2.45, 2.75) is 32.9 Å². The SMILES string of the molecule is CC(C)C[C@@H]1NC(=O)N(Cc2c(F)cccc2Cl)C1=O. The number of halogens is 2. The second-order valence-electron chi connectivity index (χ2n) is 5.26. The van der Waals surface area contributed by atoms with Gasteiger partial charge in [-0.25, -0.2) is 9.18 Å². The van der Waals surface area contributed by atoms with E-state index >= 15 is 0 Å². The number of imide groups is 1. The first-order valence-corrected chi connectivity index (χ1v) is 6.82. The van der Waals surface area contributed by atoms with Gasteiger partial charge in [0, 0.05) is 10.6 Å². The summed E-state index contributed by atoms with van der Waals surface area (Å²) >= 11 is 5.91. The standard InChI is InChI=1S/C14H16ClFN2O2/c1-8(2)6-12-13(19)18(14(20)17-12)7-9-10(15)4-3-5-11(9)16/h3-5,8,12H,6-7H2,1-2H3,(H,17,20)/t12-/m0/s1. The molecule has 1 aromatic carbocycles. The predicted molar refractivity (Wildman–Crippen MR) is 73.7 cm³/mol. The molecule has 1 aromatic rings. The van der Waals surface area contributed by atoms with Crippen LogP contribution >= 0.6 is 11.6 Å². The maximum absolute atomic E-state index is 13.7. The third kappa shape index (κ3) is 2.93. The van der Waals surface area contributed by atoms with Crippen molar-refractivity contribution in [2.24, 2.45) is 5.92 Å². The number of carbonyl (C=O) groups is 2. The van der Waals surface area contributed by atoms with Gasteiger partial charge in [0.05, 0.1) is 6.54 Å². The molecule has 0 spiro atoms. The van der Waals surface area contributed by atoms with Gasteiger partial charge >= 0.3 is 6.03 Å². The Morgan fingerprint density at radius 3 is 2.70 bits per heavy atom. The Labute approximate surface area is 121 Å². The van der Waals surface area contributed by atoms with Crippen molar-refractivity contribution >= 4 is 23.5 Å². The molecular weight excluding hydrogens is 283 g/mol. The minimum absolute atomic E-state index is 0.148. The summed E-state index contributed by atoms with van der Waals surface area (Å²) in [6.45, 7) is 3.79. The monoisotopic (exact) mass is 298 g/mol. The van der Waals surface area contributed by atoms with Gasteiger partial charge in [-0.3, -0.25) is 9.69 Å². The van der Waals surface area contributed by atoms with Crippen molar-refractivity contribution in [1.82, 2.24) is 10.2 Å². The van der Waals surface area contributed by atoms with Crippen LogP contribution in [0.15, 0.2) is 18.2 Å². The minimum atomic E-state index is -0.534. The Kier molecular flexibility index (Phi) is 4.28. The zero-order chi connectivity index (χ0) is 14.9. The molecule has 0 aliphatic carbocycles. The molecule has 1 saturated heterocycles. The molecule has 1 aliphatic rings. The lowest BCUT2D eigenvalue weighted by molar-refractivity contribution is -0.128. The van der Waals surface area contributed by atoms with E-state index in [1.807, 2.05) is 13.8 Å². The molecule has 1 fully saturated rings. The number of hydrogen-bond acceptors (Lipinski definition) is 2. The van der Waals surface area contributed by atoms with Crippen molar-refractivity contribution in [3.05, 3.63) is 34.6 Å². The molecule has 1 heterocycles. The molecule has 6 heteroatoms. The molecule has 1 N–H and O–H groups in total. The highest BCUT2D eigenvalue weighted by Gasteiger charge is 2.38. The Morgan fingerprint density at radius 2 is 2.10 bits per heavy atom. The van der Waals surface area contributed by atoms with Crippen LogP contribution in [0.1, 0.15) is 25.8 Å². The van der Waals surface area contributed by atoms with Gasteiger partial charge in [0.25, 0.3) is 5.91 Å². The molecular formula is C14H16ClFN2O2. The summed E-state index contributed by atoms with van der Waals surface area (Å²) < 4.78 is 13.7. The Morgan fingerprint density at radius 1 is 1.40 bits per heavy atom. The fourth-order valence-corrected chi connectivity index (χ4v) is 2.42. The summed E-state index contributed by atoms with van der Waals surface area (Å²) in [5.74, 6) is -0.574. The number of nitrogens with one attached hydrogen (secondary N) is 1. The summed E-state index contributed by atoms with van der Waals surface area (Å²) in [7, 11) is 0. The first-order valence-electron chi connectivity index (χ1n) is 6.45. The quantitative estimate of drug-likeness (QED) is 0.869. The van der Waals surface area contributed by atoms with Gasteiger partial charge in [0.2, 0.25) is 0 Å². The summed E-state index contributed by atoms with van der Waals surface area (Å²) in [5, 5.41) is 2.82. The van der Waals surface area contributed by atoms with Crippen LogP contribution in [0.4, 0.5) is 9.18 Å². The molecule has 108 valence electrons. The van der Waals surface area contributed by atoms with Crippen LogP contribution in [0.2, 0.25) is 5.02 Å². The van der Waals surface area contributed by atoms with E-state index < -0.39 is 17.9 Å². The Balaban J connectivity index is 2.17. The average molecular weight is 299 g/mol. The molecule has 0 unspecified atom stereocenters. The Hall–Kier alpha value is -1.62. The molecule has 0 aromatic heterocycles. The van der Waals surface area contributed by atoms with Gasteiger partial charge in [0.1, 0.15) is 11.9 Å². The van der Waals surface area contributed by atoms with Gasteiger partial charge in [-0.1, -0.05) is 31.5 Å². The lowest BCUT2D eigenvalue weighted by Crippen LogP contribution is -2.32. The maximum atomic E-state index is 13.7. The number of amides is 3. The zero-order valence-corrected chi connectivity index (χ0v) is 12.1. The van der Waals surface area contributed by atoms with Crippen LogP contribution in [0.25, 0.3) is 0 Å². The van der Waals surface area contributed by atoms with Crippen molar-refractivity contribution < 1.29 is 14.0 Å². The highest BCUT2D eigenvalue weighted by atomic mass is 35.5. The molecule has 0 saturated carbocycles. The normalized spacial score (nSPS) is 18.9. The number of rotatable bonds is 4. The lowest BCUT2D eigenvalue weighted by atomic mass is 10.0. The van der Waals surface area contributed by atoms with Gasteiger partial charge in [-0.2, -0.15) is 0 Å². The van der Waals surface area contributed by atoms with E-state index in [1.165, 1.54) is 18.2 Å². The second kappa shape index (κ2) is 5.79. The van der Waals surface area contributed by atoms with Crippen molar-refractivity contribution in [2.75, 3.05) is 0 Å². The largest absolute Gasteiger partial charge is 0.326 e. The van der Waals surface area contributed by atoms with Crippen LogP contribution in [0.5, 0.6) is 0 Å². The third-order valence-electron chi connectivity index (χ3n) is 3.19. The maximum Gasteiger partial charge on any atom is 0.325 e. The van der Waals surface area contributed by atoms with E-state index in [0.717, 1.165) is 4.90 Å². The molecule has 1 atom stereocenters. The van der Waals surface area contributed by atoms with Gasteiger partial charge < -0.3 is 5.32 Å². The van der Waals surface area contributed by atoms with Crippen molar-refractivity contribution in [3.8, 4) is 0 Å². The number of carbonyl (C=O) groups excluding carboxylic acids is 2. The number of hydrogen-bond donors (Lipinski definition) is 1. The average Bonchev–Trinajstić information content (AvgIpc) is 2.60. The first kappa shape index (κ1) is 14.8. The van der Waals surface area contributed by atoms with Crippen LogP contribution in [-0.2, 0) is 11.3 Å². The molecule has 1 aliphatic heterocycles. The summed E-state index contributed by atoms with van der Waals surface area (Å²) in [6.07, 6.45) is 0.562.